The summed E-state index contributed by atoms with van der Waals surface area (Å²) in [5.41, 5.74) is 6.76. The van der Waals surface area contributed by atoms with Crippen LogP contribution in [0.15, 0.2) is 41.0 Å². The molecule has 1 aromatic rings. The largest absolute Gasteiger partial charge is 0.463 e. The van der Waals surface area contributed by atoms with Gasteiger partial charge in [0.05, 0.1) is 18.1 Å². The van der Waals surface area contributed by atoms with Crippen LogP contribution in [0, 0.1) is 11.3 Å². The molecule has 0 aliphatic carbocycles. The van der Waals surface area contributed by atoms with Crippen LogP contribution in [0.2, 0.25) is 10.0 Å². The van der Waals surface area contributed by atoms with Gasteiger partial charge in [-0.05, 0) is 24.6 Å². The van der Waals surface area contributed by atoms with E-state index in [2.05, 4.69) is 0 Å². The van der Waals surface area contributed by atoms with Crippen molar-refractivity contribution < 1.29 is 14.3 Å². The number of benzene rings is 1. The van der Waals surface area contributed by atoms with E-state index < -0.39 is 11.9 Å². The highest BCUT2D eigenvalue weighted by Gasteiger charge is 2.38. The minimum atomic E-state index is -0.762. The van der Waals surface area contributed by atoms with Crippen LogP contribution in [-0.4, -0.2) is 12.6 Å². The van der Waals surface area contributed by atoms with Crippen molar-refractivity contribution >= 4 is 29.2 Å². The molecule has 7 heteroatoms. The highest BCUT2D eigenvalue weighted by atomic mass is 35.5. The van der Waals surface area contributed by atoms with Gasteiger partial charge in [-0.1, -0.05) is 36.2 Å². The van der Waals surface area contributed by atoms with Crippen LogP contribution in [0.4, 0.5) is 0 Å². The lowest BCUT2D eigenvalue weighted by molar-refractivity contribution is -0.139. The van der Waals surface area contributed by atoms with Gasteiger partial charge in [0.25, 0.3) is 0 Å². The Kier molecular flexibility index (Phi) is 5.76. The van der Waals surface area contributed by atoms with Crippen LogP contribution in [0.3, 0.4) is 0 Å². The zero-order valence-corrected chi connectivity index (χ0v) is 14.7. The van der Waals surface area contributed by atoms with E-state index in [0.29, 0.717) is 27.8 Å². The second-order valence-electron chi connectivity index (χ2n) is 5.00. The van der Waals surface area contributed by atoms with Gasteiger partial charge in [0.2, 0.25) is 5.88 Å². The van der Waals surface area contributed by atoms with Crippen molar-refractivity contribution in [1.82, 2.24) is 0 Å². The lowest BCUT2D eigenvalue weighted by Crippen LogP contribution is -2.26. The van der Waals surface area contributed by atoms with Crippen molar-refractivity contribution in [1.29, 1.82) is 5.26 Å². The highest BCUT2D eigenvalue weighted by molar-refractivity contribution is 6.35. The average molecular weight is 367 g/mol. The van der Waals surface area contributed by atoms with E-state index in [1.54, 1.807) is 25.1 Å². The Morgan fingerprint density at radius 3 is 2.67 bits per heavy atom. The quantitative estimate of drug-likeness (QED) is 0.812. The zero-order chi connectivity index (χ0) is 17.9. The number of allylic oxidation sites excluding steroid dienone is 2. The van der Waals surface area contributed by atoms with E-state index in [1.807, 2.05) is 13.0 Å². The number of ether oxygens (including phenoxy) is 2. The summed E-state index contributed by atoms with van der Waals surface area (Å²) in [6.07, 6.45) is 0.412. The van der Waals surface area contributed by atoms with E-state index in [4.69, 9.17) is 38.4 Å². The summed E-state index contributed by atoms with van der Waals surface area (Å²) in [4.78, 5) is 12.5. The Hall–Kier alpha value is -2.16. The monoisotopic (exact) mass is 366 g/mol. The summed E-state index contributed by atoms with van der Waals surface area (Å²) in [7, 11) is 0. The molecule has 0 amide bonds. The fraction of sp³-hybridized carbons (Fsp3) is 0.294. The maximum Gasteiger partial charge on any atom is 0.338 e. The molecule has 0 saturated heterocycles. The summed E-state index contributed by atoms with van der Waals surface area (Å²) in [6, 6.07) is 6.86. The lowest BCUT2D eigenvalue weighted by Gasteiger charge is -2.28. The van der Waals surface area contributed by atoms with Gasteiger partial charge in [0, 0.05) is 16.5 Å². The summed E-state index contributed by atoms with van der Waals surface area (Å²) in [5, 5.41) is 10.3. The Labute approximate surface area is 150 Å². The molecule has 1 atom stereocenters. The molecule has 24 heavy (non-hydrogen) atoms. The molecular formula is C17H16Cl2N2O3. The summed E-state index contributed by atoms with van der Waals surface area (Å²) in [5.74, 6) is -1.01. The molecule has 0 saturated carbocycles. The minimum absolute atomic E-state index is 0.0431. The van der Waals surface area contributed by atoms with E-state index in [-0.39, 0.29) is 23.6 Å². The average Bonchev–Trinajstić information content (AvgIpc) is 2.54. The summed E-state index contributed by atoms with van der Waals surface area (Å²) >= 11 is 12.2. The van der Waals surface area contributed by atoms with Crippen LogP contribution in [-0.2, 0) is 14.3 Å². The van der Waals surface area contributed by atoms with Crippen molar-refractivity contribution in [2.45, 2.75) is 26.2 Å². The Bertz CT molecular complexity index is 779. The van der Waals surface area contributed by atoms with Crippen LogP contribution in [0.25, 0.3) is 0 Å². The standard InChI is InChI=1S/C17H16Cl2N2O3/c1-3-13-15(17(22)23-4-2)14(11(8-20)16(21)24-13)10-6-5-9(18)7-12(10)19/h5-7,14H,3-4,21H2,1-2H3/t14-/m0/s1. The summed E-state index contributed by atoms with van der Waals surface area (Å²) in [6.45, 7) is 3.72. The third kappa shape index (κ3) is 3.35. The number of carbonyl (C=O) groups is 1. The Morgan fingerprint density at radius 1 is 1.42 bits per heavy atom. The molecule has 126 valence electrons. The number of esters is 1. The number of halogens is 2. The number of hydrogen-bond acceptors (Lipinski definition) is 5. The maximum atomic E-state index is 12.5. The van der Waals surface area contributed by atoms with E-state index >= 15 is 0 Å². The molecule has 1 aromatic carbocycles. The SMILES string of the molecule is CCOC(=O)C1=C(CC)OC(N)=C(C#N)[C@@H]1c1ccc(Cl)cc1Cl. The first-order chi connectivity index (χ1) is 11.4. The van der Waals surface area contributed by atoms with Gasteiger partial charge in [-0.25, -0.2) is 4.79 Å². The number of nitrogens with zero attached hydrogens (tertiary/aromatic N) is 1. The molecule has 0 spiro atoms. The van der Waals surface area contributed by atoms with Crippen molar-refractivity contribution in [2.24, 2.45) is 5.73 Å². The van der Waals surface area contributed by atoms with Gasteiger partial charge in [0.1, 0.15) is 17.4 Å². The molecule has 2 rings (SSSR count). The van der Waals surface area contributed by atoms with Crippen molar-refractivity contribution in [3.8, 4) is 6.07 Å². The molecule has 2 N–H and O–H groups in total. The smallest absolute Gasteiger partial charge is 0.338 e. The van der Waals surface area contributed by atoms with Gasteiger partial charge in [-0.15, -0.1) is 0 Å². The minimum Gasteiger partial charge on any atom is -0.463 e. The molecule has 0 aromatic heterocycles. The van der Waals surface area contributed by atoms with Gasteiger partial charge in [0.15, 0.2) is 0 Å². The molecule has 0 unspecified atom stereocenters. The van der Waals surface area contributed by atoms with Gasteiger partial charge in [-0.3, -0.25) is 0 Å². The second kappa shape index (κ2) is 7.61. The van der Waals surface area contributed by atoms with Crippen molar-refractivity contribution in [3.63, 3.8) is 0 Å². The van der Waals surface area contributed by atoms with Crippen molar-refractivity contribution in [2.75, 3.05) is 6.61 Å². The topological polar surface area (TPSA) is 85.3 Å². The zero-order valence-electron chi connectivity index (χ0n) is 13.2. The number of nitrogens with two attached hydrogens (primary N) is 1. The van der Waals surface area contributed by atoms with Crippen LogP contribution in [0.5, 0.6) is 0 Å². The van der Waals surface area contributed by atoms with Crippen LogP contribution < -0.4 is 5.73 Å². The van der Waals surface area contributed by atoms with Crippen LogP contribution >= 0.6 is 23.2 Å². The first kappa shape index (κ1) is 18.2. The normalized spacial score (nSPS) is 17.4. The Balaban J connectivity index is 2.71. The third-order valence-corrected chi connectivity index (χ3v) is 4.15. The molecule has 0 radical (unpaired) electrons. The Morgan fingerprint density at radius 2 is 2.12 bits per heavy atom. The third-order valence-electron chi connectivity index (χ3n) is 3.59. The number of rotatable bonds is 4. The number of nitriles is 1. The number of hydrogen-bond donors (Lipinski definition) is 1. The maximum absolute atomic E-state index is 12.5. The molecule has 1 aliphatic heterocycles. The highest BCUT2D eigenvalue weighted by Crippen LogP contribution is 2.43. The lowest BCUT2D eigenvalue weighted by atomic mass is 9.82. The first-order valence-corrected chi connectivity index (χ1v) is 8.12. The second-order valence-corrected chi connectivity index (χ2v) is 5.85. The molecule has 1 aliphatic rings. The number of carbonyl (C=O) groups excluding carboxylic acids is 1. The van der Waals surface area contributed by atoms with Gasteiger partial charge < -0.3 is 15.2 Å². The molecular weight excluding hydrogens is 351 g/mol. The molecule has 0 fully saturated rings. The summed E-state index contributed by atoms with van der Waals surface area (Å²) < 4.78 is 10.6. The van der Waals surface area contributed by atoms with Crippen molar-refractivity contribution in [3.05, 3.63) is 56.6 Å². The van der Waals surface area contributed by atoms with E-state index in [0.717, 1.165) is 0 Å². The van der Waals surface area contributed by atoms with Crippen LogP contribution in [0.1, 0.15) is 31.7 Å². The van der Waals surface area contributed by atoms with E-state index in [9.17, 15) is 10.1 Å². The first-order valence-electron chi connectivity index (χ1n) is 7.37. The fourth-order valence-corrected chi connectivity index (χ4v) is 3.08. The predicted octanol–water partition coefficient (Wildman–Crippen LogP) is 4.03. The predicted molar refractivity (Wildman–Crippen MR) is 91.1 cm³/mol. The molecule has 0 bridgehead atoms. The van der Waals surface area contributed by atoms with Gasteiger partial charge >= 0.3 is 5.97 Å². The van der Waals surface area contributed by atoms with E-state index in [1.165, 1.54) is 0 Å². The van der Waals surface area contributed by atoms with Gasteiger partial charge in [-0.2, -0.15) is 5.26 Å². The molecule has 1 heterocycles. The molecule has 5 nitrogen and oxygen atoms in total. The fourth-order valence-electron chi connectivity index (χ4n) is 2.56.